The van der Waals surface area contributed by atoms with E-state index >= 15 is 0 Å². The molecule has 7 heteroatoms. The molecule has 1 aromatic carbocycles. The van der Waals surface area contributed by atoms with Crippen molar-refractivity contribution in [2.45, 2.75) is 51.5 Å². The summed E-state index contributed by atoms with van der Waals surface area (Å²) in [7, 11) is 1.79. The van der Waals surface area contributed by atoms with Crippen LogP contribution in [0.25, 0.3) is 0 Å². The van der Waals surface area contributed by atoms with E-state index in [0.717, 1.165) is 31.3 Å². The van der Waals surface area contributed by atoms with Gasteiger partial charge in [0.15, 0.2) is 5.96 Å². The highest BCUT2D eigenvalue weighted by atomic mass is 127. The topological polar surface area (TPSA) is 73.8 Å². The van der Waals surface area contributed by atoms with Gasteiger partial charge in [-0.1, -0.05) is 19.1 Å². The number of fused-ring (bicyclic) bond motifs is 1. The van der Waals surface area contributed by atoms with Crippen LogP contribution >= 0.6 is 24.0 Å². The van der Waals surface area contributed by atoms with Crippen molar-refractivity contribution in [3.63, 3.8) is 0 Å². The Kier molecular flexibility index (Phi) is 8.72. The lowest BCUT2D eigenvalue weighted by atomic mass is 9.87. The number of unbranched alkanes of at least 4 members (excludes halogenated alkanes) is 1. The maximum absolute atomic E-state index is 12.3. The second kappa shape index (κ2) is 10.8. The number of carbonyl (C=O) groups is 2. The zero-order chi connectivity index (χ0) is 19.2. The molecule has 3 rings (SSSR count). The van der Waals surface area contributed by atoms with Crippen molar-refractivity contribution >= 4 is 41.8 Å². The lowest BCUT2D eigenvalue weighted by Gasteiger charge is -2.28. The highest BCUT2D eigenvalue weighted by molar-refractivity contribution is 14.0. The Morgan fingerprint density at radius 1 is 1.07 bits per heavy atom. The molecule has 28 heavy (non-hydrogen) atoms. The Hall–Kier alpha value is -1.64. The van der Waals surface area contributed by atoms with Crippen LogP contribution in [0.3, 0.4) is 0 Å². The van der Waals surface area contributed by atoms with E-state index in [4.69, 9.17) is 0 Å². The van der Waals surface area contributed by atoms with Gasteiger partial charge in [-0.3, -0.25) is 19.5 Å². The maximum atomic E-state index is 12.3. The van der Waals surface area contributed by atoms with Crippen LogP contribution in [0.2, 0.25) is 0 Å². The third kappa shape index (κ3) is 5.46. The van der Waals surface area contributed by atoms with Crippen molar-refractivity contribution in [2.24, 2.45) is 10.9 Å². The number of carbonyl (C=O) groups excluding carboxylic acids is 2. The van der Waals surface area contributed by atoms with Gasteiger partial charge < -0.3 is 10.6 Å². The number of imide groups is 1. The molecule has 0 aromatic heterocycles. The molecule has 1 saturated carbocycles. The molecule has 0 bridgehead atoms. The van der Waals surface area contributed by atoms with Gasteiger partial charge in [0.1, 0.15) is 0 Å². The molecule has 2 aliphatic rings. The summed E-state index contributed by atoms with van der Waals surface area (Å²) in [6.45, 7) is 3.55. The van der Waals surface area contributed by atoms with E-state index < -0.39 is 0 Å². The van der Waals surface area contributed by atoms with E-state index in [-0.39, 0.29) is 35.8 Å². The number of amides is 2. The lowest BCUT2D eigenvalue weighted by Crippen LogP contribution is -2.45. The van der Waals surface area contributed by atoms with Crippen molar-refractivity contribution in [3.05, 3.63) is 35.4 Å². The molecule has 0 saturated heterocycles. The summed E-state index contributed by atoms with van der Waals surface area (Å²) in [5, 5.41) is 6.85. The fourth-order valence-corrected chi connectivity index (χ4v) is 3.84. The van der Waals surface area contributed by atoms with E-state index in [0.29, 0.717) is 23.7 Å². The molecule has 1 fully saturated rings. The minimum atomic E-state index is -0.174. The lowest BCUT2D eigenvalue weighted by molar-refractivity contribution is 0.0652. The number of hydrogen-bond acceptors (Lipinski definition) is 3. The van der Waals surface area contributed by atoms with Gasteiger partial charge in [0.2, 0.25) is 0 Å². The molecule has 1 heterocycles. The van der Waals surface area contributed by atoms with Gasteiger partial charge in [0.05, 0.1) is 11.1 Å². The van der Waals surface area contributed by atoms with E-state index in [1.807, 2.05) is 0 Å². The van der Waals surface area contributed by atoms with Crippen LogP contribution in [-0.2, 0) is 0 Å². The zero-order valence-electron chi connectivity index (χ0n) is 16.7. The summed E-state index contributed by atoms with van der Waals surface area (Å²) in [6, 6.07) is 7.54. The van der Waals surface area contributed by atoms with Gasteiger partial charge >= 0.3 is 0 Å². The predicted molar refractivity (Wildman–Crippen MR) is 122 cm³/mol. The van der Waals surface area contributed by atoms with Gasteiger partial charge in [-0.15, -0.1) is 24.0 Å². The molecular weight excluding hydrogens is 467 g/mol. The monoisotopic (exact) mass is 498 g/mol. The molecule has 154 valence electrons. The Balaban J connectivity index is 0.00000280. The van der Waals surface area contributed by atoms with Gasteiger partial charge in [0, 0.05) is 26.2 Å². The molecule has 1 aromatic rings. The minimum absolute atomic E-state index is 0. The number of guanidine groups is 1. The van der Waals surface area contributed by atoms with Crippen LogP contribution < -0.4 is 10.6 Å². The van der Waals surface area contributed by atoms with Crippen LogP contribution in [0, 0.1) is 5.92 Å². The smallest absolute Gasteiger partial charge is 0.261 e. The Morgan fingerprint density at radius 2 is 1.68 bits per heavy atom. The summed E-state index contributed by atoms with van der Waals surface area (Å²) in [5.74, 6) is 1.33. The fraction of sp³-hybridized carbons (Fsp3) is 0.571. The summed E-state index contributed by atoms with van der Waals surface area (Å²) in [5.41, 5.74) is 1.04. The normalized spacial score (nSPS) is 21.9. The number of halogens is 1. The number of nitrogens with one attached hydrogen (secondary N) is 2. The average molecular weight is 498 g/mol. The first-order valence-electron chi connectivity index (χ1n) is 10.0. The fourth-order valence-electron chi connectivity index (χ4n) is 3.84. The second-order valence-corrected chi connectivity index (χ2v) is 7.61. The number of rotatable bonds is 6. The molecule has 0 radical (unpaired) electrons. The third-order valence-corrected chi connectivity index (χ3v) is 5.56. The van der Waals surface area contributed by atoms with Gasteiger partial charge in [-0.25, -0.2) is 0 Å². The maximum Gasteiger partial charge on any atom is 0.261 e. The molecule has 2 N–H and O–H groups in total. The van der Waals surface area contributed by atoms with E-state index in [2.05, 4.69) is 22.5 Å². The number of benzene rings is 1. The first kappa shape index (κ1) is 22.6. The van der Waals surface area contributed by atoms with Crippen LogP contribution in [-0.4, -0.2) is 48.9 Å². The first-order chi connectivity index (χ1) is 13.1. The van der Waals surface area contributed by atoms with Crippen molar-refractivity contribution in [1.82, 2.24) is 15.5 Å². The van der Waals surface area contributed by atoms with Gasteiger partial charge in [-0.05, 0) is 56.6 Å². The van der Waals surface area contributed by atoms with Crippen LogP contribution in [0.5, 0.6) is 0 Å². The standard InChI is InChI=1S/C21H30N4O2.HI/c1-15-9-11-16(12-10-15)24-21(22-2)23-13-5-6-14-25-19(26)17-7-3-4-8-18(17)20(25)27;/h3-4,7-8,15-16H,5-6,9-14H2,1-2H3,(H2,22,23,24);1H. The highest BCUT2D eigenvalue weighted by Crippen LogP contribution is 2.23. The Morgan fingerprint density at radius 3 is 2.25 bits per heavy atom. The average Bonchev–Trinajstić information content (AvgIpc) is 2.93. The van der Waals surface area contributed by atoms with Gasteiger partial charge in [-0.2, -0.15) is 0 Å². The number of nitrogens with zero attached hydrogens (tertiary/aromatic N) is 2. The second-order valence-electron chi connectivity index (χ2n) is 7.61. The highest BCUT2D eigenvalue weighted by Gasteiger charge is 2.34. The summed E-state index contributed by atoms with van der Waals surface area (Å²) in [4.78, 5) is 30.3. The van der Waals surface area contributed by atoms with Crippen LogP contribution in [0.15, 0.2) is 29.3 Å². The molecule has 0 spiro atoms. The predicted octanol–water partition coefficient (Wildman–Crippen LogP) is 3.42. The van der Waals surface area contributed by atoms with Crippen LogP contribution in [0.1, 0.15) is 66.2 Å². The van der Waals surface area contributed by atoms with Crippen molar-refractivity contribution in [1.29, 1.82) is 0 Å². The summed E-state index contributed by atoms with van der Waals surface area (Å²) < 4.78 is 0. The third-order valence-electron chi connectivity index (χ3n) is 5.56. The Bertz CT molecular complexity index is 679. The zero-order valence-corrected chi connectivity index (χ0v) is 19.1. The largest absolute Gasteiger partial charge is 0.356 e. The summed E-state index contributed by atoms with van der Waals surface area (Å²) >= 11 is 0. The molecule has 1 aliphatic heterocycles. The van der Waals surface area contributed by atoms with E-state index in [1.165, 1.54) is 30.6 Å². The molecule has 2 amide bonds. The summed E-state index contributed by atoms with van der Waals surface area (Å²) in [6.07, 6.45) is 6.58. The van der Waals surface area contributed by atoms with E-state index in [1.54, 1.807) is 31.3 Å². The van der Waals surface area contributed by atoms with Crippen molar-refractivity contribution in [2.75, 3.05) is 20.1 Å². The number of hydrogen-bond donors (Lipinski definition) is 2. The van der Waals surface area contributed by atoms with E-state index in [9.17, 15) is 9.59 Å². The van der Waals surface area contributed by atoms with Crippen molar-refractivity contribution < 1.29 is 9.59 Å². The van der Waals surface area contributed by atoms with Crippen molar-refractivity contribution in [3.8, 4) is 0 Å². The molecule has 6 nitrogen and oxygen atoms in total. The molecule has 0 atom stereocenters. The first-order valence-corrected chi connectivity index (χ1v) is 10.0. The SMILES string of the molecule is CN=C(NCCCCN1C(=O)c2ccccc2C1=O)NC1CCC(C)CC1.I. The molecule has 0 unspecified atom stereocenters. The molecular formula is C21H31IN4O2. The molecule has 1 aliphatic carbocycles. The van der Waals surface area contributed by atoms with Gasteiger partial charge in [0.25, 0.3) is 11.8 Å². The number of aliphatic imine (C=N–C) groups is 1. The quantitative estimate of drug-likeness (QED) is 0.207. The Labute approximate surface area is 184 Å². The minimum Gasteiger partial charge on any atom is -0.356 e. The van der Waals surface area contributed by atoms with Crippen LogP contribution in [0.4, 0.5) is 0 Å².